The zero-order chi connectivity index (χ0) is 11.5. The van der Waals surface area contributed by atoms with Crippen molar-refractivity contribution in [1.29, 1.82) is 0 Å². The Labute approximate surface area is 95.5 Å². The van der Waals surface area contributed by atoms with Crippen molar-refractivity contribution in [1.82, 2.24) is 0 Å². The lowest BCUT2D eigenvalue weighted by molar-refractivity contribution is 0.222. The Kier molecular flexibility index (Phi) is 3.66. The SMILES string of the molecule is CC(C)(CO)N(C(N)=S)c1ccccc1. The number of hydrogen-bond acceptors (Lipinski definition) is 2. The number of thiocarbonyl (C=S) groups is 1. The third-order valence-corrected chi connectivity index (χ3v) is 2.41. The molecule has 0 amide bonds. The van der Waals surface area contributed by atoms with Gasteiger partial charge in [0.15, 0.2) is 5.11 Å². The van der Waals surface area contributed by atoms with Crippen LogP contribution >= 0.6 is 12.2 Å². The molecule has 0 spiro atoms. The highest BCUT2D eigenvalue weighted by Gasteiger charge is 2.28. The fraction of sp³-hybridized carbons (Fsp3) is 0.364. The molecule has 0 atom stereocenters. The van der Waals surface area contributed by atoms with Crippen LogP contribution in [-0.4, -0.2) is 22.4 Å². The maximum absolute atomic E-state index is 9.32. The molecular weight excluding hydrogens is 208 g/mol. The van der Waals surface area contributed by atoms with E-state index in [1.165, 1.54) is 0 Å². The van der Waals surface area contributed by atoms with Gasteiger partial charge in [-0.25, -0.2) is 0 Å². The fourth-order valence-electron chi connectivity index (χ4n) is 1.42. The molecule has 1 aromatic carbocycles. The first kappa shape index (κ1) is 11.9. The molecule has 3 N–H and O–H groups in total. The Bertz CT molecular complexity index is 338. The van der Waals surface area contributed by atoms with E-state index in [4.69, 9.17) is 18.0 Å². The third-order valence-electron chi connectivity index (χ3n) is 2.23. The van der Waals surface area contributed by atoms with Crippen molar-refractivity contribution >= 4 is 23.0 Å². The highest BCUT2D eigenvalue weighted by Crippen LogP contribution is 2.23. The summed E-state index contributed by atoms with van der Waals surface area (Å²) in [6.45, 7) is 3.76. The largest absolute Gasteiger partial charge is 0.394 e. The quantitative estimate of drug-likeness (QED) is 0.764. The summed E-state index contributed by atoms with van der Waals surface area (Å²) in [7, 11) is 0. The van der Waals surface area contributed by atoms with Crippen molar-refractivity contribution in [3.63, 3.8) is 0 Å². The second-order valence-electron chi connectivity index (χ2n) is 3.98. The van der Waals surface area contributed by atoms with Gasteiger partial charge in [-0.1, -0.05) is 18.2 Å². The smallest absolute Gasteiger partial charge is 0.171 e. The summed E-state index contributed by atoms with van der Waals surface area (Å²) in [6.07, 6.45) is 0. The van der Waals surface area contributed by atoms with Crippen LogP contribution in [0.4, 0.5) is 5.69 Å². The van der Waals surface area contributed by atoms with Gasteiger partial charge in [-0.2, -0.15) is 0 Å². The second kappa shape index (κ2) is 4.59. The molecular formula is C11H16N2OS. The van der Waals surface area contributed by atoms with E-state index < -0.39 is 5.54 Å². The first-order valence-electron chi connectivity index (χ1n) is 4.74. The van der Waals surface area contributed by atoms with E-state index in [1.807, 2.05) is 44.2 Å². The summed E-state index contributed by atoms with van der Waals surface area (Å²) in [5.41, 5.74) is 6.08. The van der Waals surface area contributed by atoms with Gasteiger partial charge in [-0.05, 0) is 38.2 Å². The zero-order valence-electron chi connectivity index (χ0n) is 8.97. The summed E-state index contributed by atoms with van der Waals surface area (Å²) in [4.78, 5) is 1.75. The molecule has 0 unspecified atom stereocenters. The number of benzene rings is 1. The summed E-state index contributed by atoms with van der Waals surface area (Å²) in [6, 6.07) is 9.57. The van der Waals surface area contributed by atoms with Crippen molar-refractivity contribution < 1.29 is 5.11 Å². The van der Waals surface area contributed by atoms with Crippen LogP contribution < -0.4 is 10.6 Å². The molecule has 0 aliphatic heterocycles. The lowest BCUT2D eigenvalue weighted by Crippen LogP contribution is -2.52. The molecule has 3 nitrogen and oxygen atoms in total. The Hall–Kier alpha value is -1.13. The number of aliphatic hydroxyl groups excluding tert-OH is 1. The highest BCUT2D eigenvalue weighted by molar-refractivity contribution is 7.80. The van der Waals surface area contributed by atoms with Crippen LogP contribution in [0.5, 0.6) is 0 Å². The topological polar surface area (TPSA) is 49.5 Å². The van der Waals surface area contributed by atoms with E-state index in [0.717, 1.165) is 5.69 Å². The normalized spacial score (nSPS) is 11.1. The Morgan fingerprint density at radius 3 is 2.33 bits per heavy atom. The van der Waals surface area contributed by atoms with Crippen molar-refractivity contribution in [2.75, 3.05) is 11.5 Å². The maximum atomic E-state index is 9.32. The van der Waals surface area contributed by atoms with Gasteiger partial charge in [-0.15, -0.1) is 0 Å². The van der Waals surface area contributed by atoms with Crippen LogP contribution in [0.25, 0.3) is 0 Å². The lowest BCUT2D eigenvalue weighted by atomic mass is 10.0. The molecule has 0 saturated heterocycles. The number of hydrogen-bond donors (Lipinski definition) is 2. The molecule has 0 radical (unpaired) electrons. The molecule has 1 aromatic rings. The number of nitrogens with zero attached hydrogens (tertiary/aromatic N) is 1. The Morgan fingerprint density at radius 2 is 1.93 bits per heavy atom. The minimum Gasteiger partial charge on any atom is -0.394 e. The van der Waals surface area contributed by atoms with E-state index in [1.54, 1.807) is 4.90 Å². The molecule has 82 valence electrons. The van der Waals surface area contributed by atoms with Crippen LogP contribution in [0, 0.1) is 0 Å². The van der Waals surface area contributed by atoms with Crippen LogP contribution in [0.2, 0.25) is 0 Å². The molecule has 0 fully saturated rings. The molecule has 0 aromatic heterocycles. The summed E-state index contributed by atoms with van der Waals surface area (Å²) in [5.74, 6) is 0. The van der Waals surface area contributed by atoms with E-state index in [-0.39, 0.29) is 11.7 Å². The van der Waals surface area contributed by atoms with Crippen LogP contribution in [0.1, 0.15) is 13.8 Å². The summed E-state index contributed by atoms with van der Waals surface area (Å²) in [5, 5.41) is 9.58. The van der Waals surface area contributed by atoms with Gasteiger partial charge in [-0.3, -0.25) is 0 Å². The Morgan fingerprint density at radius 1 is 1.40 bits per heavy atom. The van der Waals surface area contributed by atoms with Gasteiger partial charge in [0.2, 0.25) is 0 Å². The molecule has 1 rings (SSSR count). The van der Waals surface area contributed by atoms with Gasteiger partial charge in [0.25, 0.3) is 0 Å². The standard InChI is InChI=1S/C11H16N2OS/c1-11(2,8-14)13(10(12)15)9-6-4-3-5-7-9/h3-7,14H,8H2,1-2H3,(H2,12,15). The van der Waals surface area contributed by atoms with Gasteiger partial charge >= 0.3 is 0 Å². The first-order valence-corrected chi connectivity index (χ1v) is 5.15. The van der Waals surface area contributed by atoms with E-state index in [9.17, 15) is 5.11 Å². The van der Waals surface area contributed by atoms with Gasteiger partial charge in [0, 0.05) is 5.69 Å². The first-order chi connectivity index (χ1) is 6.99. The van der Waals surface area contributed by atoms with Crippen LogP contribution in [0.3, 0.4) is 0 Å². The monoisotopic (exact) mass is 224 g/mol. The predicted octanol–water partition coefficient (Wildman–Crippen LogP) is 1.51. The van der Waals surface area contributed by atoms with E-state index >= 15 is 0 Å². The van der Waals surface area contributed by atoms with E-state index in [0.29, 0.717) is 0 Å². The van der Waals surface area contributed by atoms with Gasteiger partial charge in [0.05, 0.1) is 12.1 Å². The molecule has 15 heavy (non-hydrogen) atoms. The molecule has 0 aliphatic carbocycles. The maximum Gasteiger partial charge on any atom is 0.171 e. The molecule has 0 saturated carbocycles. The lowest BCUT2D eigenvalue weighted by Gasteiger charge is -2.37. The average Bonchev–Trinajstić information content (AvgIpc) is 2.18. The molecule has 0 heterocycles. The average molecular weight is 224 g/mol. The van der Waals surface area contributed by atoms with Crippen LogP contribution in [-0.2, 0) is 0 Å². The minimum atomic E-state index is -0.493. The van der Waals surface area contributed by atoms with Crippen molar-refractivity contribution in [3.05, 3.63) is 30.3 Å². The number of aliphatic hydroxyl groups is 1. The van der Waals surface area contributed by atoms with Crippen LogP contribution in [0.15, 0.2) is 30.3 Å². The molecule has 0 bridgehead atoms. The number of nitrogens with two attached hydrogens (primary N) is 1. The van der Waals surface area contributed by atoms with Gasteiger partial charge < -0.3 is 15.7 Å². The third kappa shape index (κ3) is 2.67. The molecule has 4 heteroatoms. The number of anilines is 1. The molecule has 0 aliphatic rings. The Balaban J connectivity index is 3.10. The van der Waals surface area contributed by atoms with Crippen molar-refractivity contribution in [3.8, 4) is 0 Å². The zero-order valence-corrected chi connectivity index (χ0v) is 9.79. The second-order valence-corrected chi connectivity index (χ2v) is 4.40. The van der Waals surface area contributed by atoms with Crippen molar-refractivity contribution in [2.24, 2.45) is 5.73 Å². The predicted molar refractivity (Wildman–Crippen MR) is 66.9 cm³/mol. The summed E-state index contributed by atoms with van der Waals surface area (Å²) < 4.78 is 0. The highest BCUT2D eigenvalue weighted by atomic mass is 32.1. The summed E-state index contributed by atoms with van der Waals surface area (Å²) >= 11 is 5.01. The number of rotatable bonds is 3. The van der Waals surface area contributed by atoms with Crippen molar-refractivity contribution in [2.45, 2.75) is 19.4 Å². The van der Waals surface area contributed by atoms with E-state index in [2.05, 4.69) is 0 Å². The van der Waals surface area contributed by atoms with Gasteiger partial charge in [0.1, 0.15) is 0 Å². The number of para-hydroxylation sites is 1. The fourth-order valence-corrected chi connectivity index (χ4v) is 1.78. The minimum absolute atomic E-state index is 0.0146.